The molecule has 0 bridgehead atoms. The first-order chi connectivity index (χ1) is 32.0. The molecule has 0 aromatic heterocycles. The number of allylic oxidation sites excluding steroid dienone is 10. The van der Waals surface area contributed by atoms with Gasteiger partial charge in [-0.15, -0.1) is 0 Å². The van der Waals surface area contributed by atoms with Crippen molar-refractivity contribution in [3.63, 3.8) is 0 Å². The van der Waals surface area contributed by atoms with Crippen LogP contribution in [-0.4, -0.2) is 142 Å². The summed E-state index contributed by atoms with van der Waals surface area (Å²) in [7, 11) is 0. The first kappa shape index (κ1) is 59.3. The summed E-state index contributed by atoms with van der Waals surface area (Å²) in [6.07, 6.45) is 25.4. The van der Waals surface area contributed by atoms with Crippen molar-refractivity contribution in [2.45, 2.75) is 223 Å². The van der Waals surface area contributed by atoms with E-state index in [0.29, 0.717) is 12.8 Å². The van der Waals surface area contributed by atoms with Gasteiger partial charge in [0, 0.05) is 12.8 Å². The highest BCUT2D eigenvalue weighted by Gasteiger charge is 2.47. The van der Waals surface area contributed by atoms with E-state index in [0.717, 1.165) is 70.6 Å². The molecule has 11 atom stereocenters. The van der Waals surface area contributed by atoms with E-state index in [4.69, 9.17) is 28.4 Å². The molecule has 0 amide bonds. The van der Waals surface area contributed by atoms with E-state index in [1.165, 1.54) is 44.9 Å². The lowest BCUT2D eigenvalue weighted by molar-refractivity contribution is -0.332. The summed E-state index contributed by atoms with van der Waals surface area (Å²) >= 11 is 0. The van der Waals surface area contributed by atoms with Crippen molar-refractivity contribution in [3.8, 4) is 0 Å². The van der Waals surface area contributed by atoms with E-state index >= 15 is 0 Å². The maximum atomic E-state index is 13.0. The predicted molar refractivity (Wildman–Crippen MR) is 252 cm³/mol. The highest BCUT2D eigenvalue weighted by atomic mass is 16.7. The number of carbonyl (C=O) groups is 2. The molecule has 0 aliphatic carbocycles. The molecule has 0 saturated carbocycles. The van der Waals surface area contributed by atoms with Crippen molar-refractivity contribution in [1.29, 1.82) is 0 Å². The number of rotatable bonds is 37. The van der Waals surface area contributed by atoms with Gasteiger partial charge in [0.2, 0.25) is 0 Å². The molecule has 0 aromatic rings. The molecule has 380 valence electrons. The van der Waals surface area contributed by atoms with Crippen LogP contribution in [0.3, 0.4) is 0 Å². The zero-order valence-electron chi connectivity index (χ0n) is 39.9. The minimum atomic E-state index is -1.77. The molecule has 2 aliphatic heterocycles. The molecular formula is C51H86O15. The lowest BCUT2D eigenvalue weighted by Gasteiger charge is -2.42. The molecule has 7 N–H and O–H groups in total. The van der Waals surface area contributed by atoms with Gasteiger partial charge in [-0.05, 0) is 77.0 Å². The summed E-state index contributed by atoms with van der Waals surface area (Å²) in [6.45, 7) is 2.44. The Bertz CT molecular complexity index is 1380. The third-order valence-electron chi connectivity index (χ3n) is 11.4. The minimum absolute atomic E-state index is 0.122. The highest BCUT2D eigenvalue weighted by molar-refractivity contribution is 5.70. The standard InChI is InChI=1S/C51H86O15/c1-3-5-7-9-11-13-15-17-18-19-20-22-24-26-28-30-32-34-43(54)64-39(36-61-42(53)33-31-29-27-25-23-21-16-14-12-10-8-6-4-2)37-62-50-49(60)47(58)45(56)41(66-50)38-63-51-48(59)46(57)44(55)40(35-52)65-51/h7,9,13,15,18-19,21-24,39-41,44-52,55-60H,3-6,8,10-12,14,16-17,20,25-38H2,1-2H3/b9-7+,15-13+,19-18+,23-21+,24-22+/t39-,40+,41+,44-,45-,46?,47?,48?,49?,50+,51+/m1/s1. The maximum absolute atomic E-state index is 13.0. The zero-order chi connectivity index (χ0) is 48.2. The third-order valence-corrected chi connectivity index (χ3v) is 11.4. The van der Waals surface area contributed by atoms with Gasteiger partial charge in [-0.2, -0.15) is 0 Å². The van der Waals surface area contributed by atoms with Gasteiger partial charge in [0.1, 0.15) is 55.4 Å². The quantitative estimate of drug-likeness (QED) is 0.0201. The Balaban J connectivity index is 1.85. The zero-order valence-corrected chi connectivity index (χ0v) is 39.9. The van der Waals surface area contributed by atoms with Gasteiger partial charge in [-0.25, -0.2) is 0 Å². The van der Waals surface area contributed by atoms with Crippen LogP contribution in [0.4, 0.5) is 0 Å². The van der Waals surface area contributed by atoms with Crippen molar-refractivity contribution < 1.29 is 73.8 Å². The van der Waals surface area contributed by atoms with Crippen molar-refractivity contribution in [2.24, 2.45) is 0 Å². The van der Waals surface area contributed by atoms with E-state index in [1.54, 1.807) is 0 Å². The first-order valence-corrected chi connectivity index (χ1v) is 24.9. The number of unbranched alkanes of at least 4 members (excludes halogenated alkanes) is 13. The van der Waals surface area contributed by atoms with Gasteiger partial charge in [-0.1, -0.05) is 126 Å². The second kappa shape index (κ2) is 38.1. The average molecular weight is 939 g/mol. The van der Waals surface area contributed by atoms with E-state index in [9.17, 15) is 45.3 Å². The molecule has 4 unspecified atom stereocenters. The van der Waals surface area contributed by atoms with Crippen molar-refractivity contribution >= 4 is 11.9 Å². The number of carbonyl (C=O) groups excluding carboxylic acids is 2. The monoisotopic (exact) mass is 939 g/mol. The SMILES string of the molecule is CCC/C=C/C/C=C/C/C=C/C/C=C/CCCCCC(=O)O[C@H](COC(=O)CCCCC/C=C/CCCCCCCC)CO[C@H]1O[C@@H](CO[C@H]2O[C@@H](CO)[C@@H](O)C(O)C2O)[C@@H](O)C(O)C1O. The van der Waals surface area contributed by atoms with Gasteiger partial charge in [0.05, 0.1) is 19.8 Å². The number of aliphatic hydroxyl groups is 7. The van der Waals surface area contributed by atoms with Crippen LogP contribution in [-0.2, 0) is 38.0 Å². The van der Waals surface area contributed by atoms with Crippen molar-refractivity contribution in [2.75, 3.05) is 26.4 Å². The molecule has 2 rings (SSSR count). The highest BCUT2D eigenvalue weighted by Crippen LogP contribution is 2.26. The Morgan fingerprint density at radius 2 is 0.939 bits per heavy atom. The fourth-order valence-electron chi connectivity index (χ4n) is 7.32. The molecule has 2 aliphatic rings. The van der Waals surface area contributed by atoms with Gasteiger partial charge in [0.25, 0.3) is 0 Å². The van der Waals surface area contributed by atoms with Gasteiger partial charge in [-0.3, -0.25) is 9.59 Å². The van der Waals surface area contributed by atoms with E-state index < -0.39 is 99.3 Å². The second-order valence-electron chi connectivity index (χ2n) is 17.3. The van der Waals surface area contributed by atoms with E-state index in [2.05, 4.69) is 74.6 Å². The summed E-state index contributed by atoms with van der Waals surface area (Å²) in [5.41, 5.74) is 0. The normalized spacial score (nSPS) is 26.7. The summed E-state index contributed by atoms with van der Waals surface area (Å²) in [6, 6.07) is 0. The van der Waals surface area contributed by atoms with Gasteiger partial charge in [0.15, 0.2) is 18.7 Å². The lowest BCUT2D eigenvalue weighted by atomic mass is 9.98. The molecule has 0 aromatic carbocycles. The van der Waals surface area contributed by atoms with Crippen LogP contribution in [0.2, 0.25) is 0 Å². The molecule has 0 spiro atoms. The molecule has 2 fully saturated rings. The summed E-state index contributed by atoms with van der Waals surface area (Å²) in [5, 5.41) is 72.0. The summed E-state index contributed by atoms with van der Waals surface area (Å²) < 4.78 is 33.5. The average Bonchev–Trinajstić information content (AvgIpc) is 3.31. The Morgan fingerprint density at radius 3 is 1.50 bits per heavy atom. The fraction of sp³-hybridized carbons (Fsp3) is 0.765. The Morgan fingerprint density at radius 1 is 0.485 bits per heavy atom. The lowest BCUT2D eigenvalue weighted by Crippen LogP contribution is -2.61. The predicted octanol–water partition coefficient (Wildman–Crippen LogP) is 6.49. The number of esters is 2. The van der Waals surface area contributed by atoms with Crippen LogP contribution >= 0.6 is 0 Å². The number of hydrogen-bond donors (Lipinski definition) is 7. The van der Waals surface area contributed by atoms with Gasteiger partial charge >= 0.3 is 11.9 Å². The smallest absolute Gasteiger partial charge is 0.306 e. The minimum Gasteiger partial charge on any atom is -0.462 e. The van der Waals surface area contributed by atoms with Crippen LogP contribution in [0, 0.1) is 0 Å². The Labute approximate surface area is 394 Å². The molecule has 2 saturated heterocycles. The first-order valence-electron chi connectivity index (χ1n) is 24.9. The van der Waals surface area contributed by atoms with Crippen LogP contribution in [0.25, 0.3) is 0 Å². The third kappa shape index (κ3) is 26.1. The largest absolute Gasteiger partial charge is 0.462 e. The van der Waals surface area contributed by atoms with Gasteiger partial charge < -0.3 is 64.2 Å². The van der Waals surface area contributed by atoms with Crippen LogP contribution in [0.15, 0.2) is 60.8 Å². The molecule has 15 heteroatoms. The summed E-state index contributed by atoms with van der Waals surface area (Å²) in [4.78, 5) is 25.7. The van der Waals surface area contributed by atoms with Crippen LogP contribution in [0.1, 0.15) is 155 Å². The number of aliphatic hydroxyl groups excluding tert-OH is 7. The van der Waals surface area contributed by atoms with E-state index in [1.807, 2.05) is 0 Å². The Hall–Kier alpha value is -2.80. The van der Waals surface area contributed by atoms with E-state index in [-0.39, 0.29) is 19.4 Å². The number of ether oxygens (including phenoxy) is 6. The Kier molecular flexibility index (Phi) is 34.2. The molecule has 2 heterocycles. The van der Waals surface area contributed by atoms with Crippen molar-refractivity contribution in [1.82, 2.24) is 0 Å². The topological polar surface area (TPSA) is 231 Å². The summed E-state index contributed by atoms with van der Waals surface area (Å²) in [5.74, 6) is -0.985. The molecule has 66 heavy (non-hydrogen) atoms. The second-order valence-corrected chi connectivity index (χ2v) is 17.3. The number of hydrogen-bond acceptors (Lipinski definition) is 15. The maximum Gasteiger partial charge on any atom is 0.306 e. The van der Waals surface area contributed by atoms with Crippen LogP contribution in [0.5, 0.6) is 0 Å². The molecular weight excluding hydrogens is 853 g/mol. The van der Waals surface area contributed by atoms with Crippen LogP contribution < -0.4 is 0 Å². The molecule has 15 nitrogen and oxygen atoms in total. The van der Waals surface area contributed by atoms with Crippen molar-refractivity contribution in [3.05, 3.63) is 60.8 Å². The molecule has 0 radical (unpaired) electrons. The fourth-order valence-corrected chi connectivity index (χ4v) is 7.32.